The molecule has 0 radical (unpaired) electrons. The molecule has 0 bridgehead atoms. The van der Waals surface area contributed by atoms with Crippen molar-refractivity contribution in [1.29, 1.82) is 0 Å². The third kappa shape index (κ3) is 2.22. The number of H-pyrrole nitrogens is 1. The van der Waals surface area contributed by atoms with E-state index in [1.54, 1.807) is 24.3 Å². The lowest BCUT2D eigenvalue weighted by molar-refractivity contribution is 0.591. The molecule has 0 fully saturated rings. The molecule has 7 heteroatoms. The van der Waals surface area contributed by atoms with Crippen LogP contribution in [0.4, 0.5) is 5.69 Å². The predicted molar refractivity (Wildman–Crippen MR) is 68.5 cm³/mol. The number of nitrogens with two attached hydrogens (primary N) is 1. The number of imidazole rings is 1. The number of hydrogen-bond acceptors (Lipinski definition) is 4. The van der Waals surface area contributed by atoms with Crippen LogP contribution in [0.3, 0.4) is 0 Å². The van der Waals surface area contributed by atoms with Crippen LogP contribution < -0.4 is 10.0 Å². The maximum atomic E-state index is 12.2. The van der Waals surface area contributed by atoms with Gasteiger partial charge in [0.25, 0.3) is 10.0 Å². The zero-order chi connectivity index (χ0) is 13.2. The number of sulfonamides is 1. The van der Waals surface area contributed by atoms with Gasteiger partial charge in [-0.1, -0.05) is 12.1 Å². The van der Waals surface area contributed by atoms with Crippen molar-refractivity contribution in [2.75, 3.05) is 11.4 Å². The number of aromatic nitrogens is 2. The average molecular weight is 266 g/mol. The normalized spacial score (nSPS) is 11.4. The smallest absolute Gasteiger partial charge is 0.281 e. The molecule has 0 unspecified atom stereocenters. The van der Waals surface area contributed by atoms with E-state index in [2.05, 4.69) is 9.97 Å². The molecule has 6 nitrogen and oxygen atoms in total. The molecular formula is C11H14N4O2S. The number of aromatic amines is 1. The summed E-state index contributed by atoms with van der Waals surface area (Å²) in [6, 6.07) is 7.04. The van der Waals surface area contributed by atoms with Crippen molar-refractivity contribution in [3.05, 3.63) is 42.4 Å². The van der Waals surface area contributed by atoms with Gasteiger partial charge in [0.05, 0.1) is 18.2 Å². The summed E-state index contributed by atoms with van der Waals surface area (Å²) in [6.07, 6.45) is 2.61. The van der Waals surface area contributed by atoms with Gasteiger partial charge in [0, 0.05) is 13.6 Å². The molecule has 0 spiro atoms. The zero-order valence-corrected chi connectivity index (χ0v) is 10.7. The molecule has 2 rings (SSSR count). The van der Waals surface area contributed by atoms with E-state index in [0.717, 1.165) is 5.56 Å². The van der Waals surface area contributed by atoms with Crippen molar-refractivity contribution in [1.82, 2.24) is 9.97 Å². The van der Waals surface area contributed by atoms with Crippen LogP contribution in [-0.4, -0.2) is 25.4 Å². The van der Waals surface area contributed by atoms with E-state index in [9.17, 15) is 8.42 Å². The van der Waals surface area contributed by atoms with Gasteiger partial charge >= 0.3 is 0 Å². The topological polar surface area (TPSA) is 92.1 Å². The van der Waals surface area contributed by atoms with Crippen LogP contribution in [0.5, 0.6) is 0 Å². The van der Waals surface area contributed by atoms with Gasteiger partial charge in [-0.05, 0) is 17.7 Å². The quantitative estimate of drug-likeness (QED) is 0.851. The first-order chi connectivity index (χ1) is 8.55. The number of benzene rings is 1. The molecule has 0 aliphatic heterocycles. The first kappa shape index (κ1) is 12.6. The third-order valence-corrected chi connectivity index (χ3v) is 4.36. The fourth-order valence-corrected chi connectivity index (χ4v) is 2.60. The van der Waals surface area contributed by atoms with E-state index in [0.29, 0.717) is 12.2 Å². The molecule has 96 valence electrons. The molecule has 0 amide bonds. The molecule has 0 saturated heterocycles. The number of rotatable bonds is 4. The maximum Gasteiger partial charge on any atom is 0.281 e. The van der Waals surface area contributed by atoms with Crippen molar-refractivity contribution in [2.45, 2.75) is 11.6 Å². The highest BCUT2D eigenvalue weighted by molar-refractivity contribution is 7.92. The predicted octanol–water partition coefficient (Wildman–Crippen LogP) is 0.694. The molecule has 1 heterocycles. The summed E-state index contributed by atoms with van der Waals surface area (Å²) in [5.41, 5.74) is 7.02. The molecule has 1 aromatic heterocycles. The third-order valence-electron chi connectivity index (χ3n) is 2.65. The molecule has 0 aliphatic rings. The zero-order valence-electron chi connectivity index (χ0n) is 9.87. The molecule has 0 aliphatic carbocycles. The molecule has 0 saturated carbocycles. The highest BCUT2D eigenvalue weighted by atomic mass is 32.2. The Morgan fingerprint density at radius 2 is 2.00 bits per heavy atom. The van der Waals surface area contributed by atoms with E-state index >= 15 is 0 Å². The summed E-state index contributed by atoms with van der Waals surface area (Å²) in [7, 11) is -2.09. The minimum atomic E-state index is -3.58. The number of nitrogens with one attached hydrogen (secondary N) is 1. The van der Waals surface area contributed by atoms with Crippen LogP contribution in [0, 0.1) is 0 Å². The minimum absolute atomic E-state index is 0.0629. The van der Waals surface area contributed by atoms with Crippen LogP contribution in [0.25, 0.3) is 0 Å². The lowest BCUT2D eigenvalue weighted by Gasteiger charge is -2.18. The van der Waals surface area contributed by atoms with Crippen LogP contribution >= 0.6 is 0 Å². The van der Waals surface area contributed by atoms with Crippen molar-refractivity contribution in [3.8, 4) is 0 Å². The minimum Gasteiger partial charge on any atom is -0.334 e. The summed E-state index contributed by atoms with van der Waals surface area (Å²) in [5, 5.41) is 0.0629. The molecular weight excluding hydrogens is 252 g/mol. The summed E-state index contributed by atoms with van der Waals surface area (Å²) in [5.74, 6) is 0. The maximum absolute atomic E-state index is 12.2. The molecule has 0 atom stereocenters. The number of hydrogen-bond donors (Lipinski definition) is 2. The fourth-order valence-electron chi connectivity index (χ4n) is 1.51. The van der Waals surface area contributed by atoms with Crippen LogP contribution in [-0.2, 0) is 16.6 Å². The monoisotopic (exact) mass is 266 g/mol. The largest absolute Gasteiger partial charge is 0.334 e. The number of anilines is 1. The van der Waals surface area contributed by atoms with Gasteiger partial charge in [0.1, 0.15) is 0 Å². The Morgan fingerprint density at radius 3 is 2.50 bits per heavy atom. The van der Waals surface area contributed by atoms with E-state index in [4.69, 9.17) is 5.73 Å². The van der Waals surface area contributed by atoms with Crippen molar-refractivity contribution in [3.63, 3.8) is 0 Å². The number of nitrogens with zero attached hydrogens (tertiary/aromatic N) is 2. The summed E-state index contributed by atoms with van der Waals surface area (Å²) in [4.78, 5) is 6.30. The lowest BCUT2D eigenvalue weighted by Crippen LogP contribution is -2.26. The van der Waals surface area contributed by atoms with E-state index in [-0.39, 0.29) is 5.03 Å². The van der Waals surface area contributed by atoms with Gasteiger partial charge in [-0.25, -0.2) is 4.98 Å². The van der Waals surface area contributed by atoms with Crippen LogP contribution in [0.15, 0.2) is 41.8 Å². The Bertz CT molecular complexity index is 605. The Labute approximate surface area is 106 Å². The second-order valence-corrected chi connectivity index (χ2v) is 5.70. The molecule has 18 heavy (non-hydrogen) atoms. The second-order valence-electron chi connectivity index (χ2n) is 3.76. The Morgan fingerprint density at radius 1 is 1.33 bits per heavy atom. The molecule has 1 aromatic carbocycles. The Balaban J connectivity index is 2.33. The van der Waals surface area contributed by atoms with E-state index < -0.39 is 10.0 Å². The van der Waals surface area contributed by atoms with Crippen molar-refractivity contribution < 1.29 is 8.42 Å². The Kier molecular flexibility index (Phi) is 3.35. The molecule has 2 aromatic rings. The standard InChI is InChI=1S/C11H14N4O2S/c1-15(10-4-2-9(6-12)3-5-10)18(16,17)11-7-13-8-14-11/h2-5,7-8H,6,12H2,1H3,(H,13,14). The fraction of sp³-hybridized carbons (Fsp3) is 0.182. The molecule has 3 N–H and O–H groups in total. The lowest BCUT2D eigenvalue weighted by atomic mass is 10.2. The van der Waals surface area contributed by atoms with Gasteiger partial charge in [0.15, 0.2) is 5.03 Å². The van der Waals surface area contributed by atoms with Crippen LogP contribution in [0.2, 0.25) is 0 Å². The van der Waals surface area contributed by atoms with Crippen molar-refractivity contribution in [2.24, 2.45) is 5.73 Å². The highest BCUT2D eigenvalue weighted by Crippen LogP contribution is 2.20. The van der Waals surface area contributed by atoms with Crippen LogP contribution in [0.1, 0.15) is 5.56 Å². The Hall–Kier alpha value is -1.86. The average Bonchev–Trinajstić information content (AvgIpc) is 2.92. The summed E-state index contributed by atoms with van der Waals surface area (Å²) >= 11 is 0. The first-order valence-corrected chi connectivity index (χ1v) is 6.76. The van der Waals surface area contributed by atoms with Gasteiger partial charge in [0.2, 0.25) is 0 Å². The van der Waals surface area contributed by atoms with Gasteiger partial charge in [-0.3, -0.25) is 4.31 Å². The van der Waals surface area contributed by atoms with Gasteiger partial charge in [-0.2, -0.15) is 8.42 Å². The van der Waals surface area contributed by atoms with Crippen molar-refractivity contribution >= 4 is 15.7 Å². The highest BCUT2D eigenvalue weighted by Gasteiger charge is 2.22. The SMILES string of the molecule is CN(c1ccc(CN)cc1)S(=O)(=O)c1cnc[nH]1. The first-order valence-electron chi connectivity index (χ1n) is 5.32. The van der Waals surface area contributed by atoms with E-state index in [1.165, 1.54) is 23.9 Å². The van der Waals surface area contributed by atoms with Gasteiger partial charge < -0.3 is 10.7 Å². The second kappa shape index (κ2) is 4.79. The van der Waals surface area contributed by atoms with Gasteiger partial charge in [-0.15, -0.1) is 0 Å². The summed E-state index contributed by atoms with van der Waals surface area (Å²) in [6.45, 7) is 0.428. The van der Waals surface area contributed by atoms with E-state index in [1.807, 2.05) is 0 Å². The summed E-state index contributed by atoms with van der Waals surface area (Å²) < 4.78 is 25.6.